The third kappa shape index (κ3) is 2.92. The van der Waals surface area contributed by atoms with E-state index < -0.39 is 0 Å². The predicted molar refractivity (Wildman–Crippen MR) is 65.5 cm³/mol. The molecule has 88 valence electrons. The summed E-state index contributed by atoms with van der Waals surface area (Å²) in [6.07, 6.45) is 3.10. The number of hydrogen-bond acceptors (Lipinski definition) is 4. The monoisotopic (exact) mass is 220 g/mol. The molecule has 1 N–H and O–H groups in total. The van der Waals surface area contributed by atoms with Crippen molar-refractivity contribution < 1.29 is 0 Å². The van der Waals surface area contributed by atoms with Crippen LogP contribution in [0.15, 0.2) is 12.3 Å². The van der Waals surface area contributed by atoms with E-state index in [1.54, 1.807) is 6.20 Å². The minimum Gasteiger partial charge on any atom is -0.370 e. The van der Waals surface area contributed by atoms with Gasteiger partial charge in [-0.3, -0.25) is 0 Å². The normalized spacial score (nSPS) is 21.2. The maximum atomic E-state index is 4.34. The lowest BCUT2D eigenvalue weighted by Gasteiger charge is -2.14. The summed E-state index contributed by atoms with van der Waals surface area (Å²) in [7, 11) is 0. The van der Waals surface area contributed by atoms with Crippen molar-refractivity contribution in [3.05, 3.63) is 18.1 Å². The number of aryl methyl sites for hydroxylation is 1. The Hall–Kier alpha value is -1.16. The van der Waals surface area contributed by atoms with Gasteiger partial charge in [0.2, 0.25) is 0 Å². The van der Waals surface area contributed by atoms with Crippen LogP contribution in [-0.2, 0) is 0 Å². The van der Waals surface area contributed by atoms with Crippen molar-refractivity contribution >= 4 is 5.82 Å². The number of nitrogens with zero attached hydrogens (tertiary/aromatic N) is 3. The summed E-state index contributed by atoms with van der Waals surface area (Å²) in [6, 6.07) is 1.93. The molecule has 0 radical (unpaired) electrons. The minimum atomic E-state index is 0.759. The molecule has 0 aromatic carbocycles. The quantitative estimate of drug-likeness (QED) is 0.835. The highest BCUT2D eigenvalue weighted by Gasteiger charge is 2.20. The van der Waals surface area contributed by atoms with E-state index in [4.69, 9.17) is 0 Å². The minimum absolute atomic E-state index is 0.759. The first-order chi connectivity index (χ1) is 7.78. The van der Waals surface area contributed by atoms with Gasteiger partial charge in [0.15, 0.2) is 0 Å². The van der Waals surface area contributed by atoms with E-state index in [1.165, 1.54) is 26.1 Å². The largest absolute Gasteiger partial charge is 0.370 e. The van der Waals surface area contributed by atoms with Crippen molar-refractivity contribution in [1.82, 2.24) is 14.9 Å². The molecule has 1 unspecified atom stereocenters. The third-order valence-corrected chi connectivity index (χ3v) is 3.17. The SMILES string of the molecule is CCN1CCC(CNc2ccnc(C)n2)C1. The van der Waals surface area contributed by atoms with Crippen molar-refractivity contribution in [1.29, 1.82) is 0 Å². The van der Waals surface area contributed by atoms with Crippen molar-refractivity contribution in [3.8, 4) is 0 Å². The molecule has 1 aliphatic rings. The first-order valence-corrected chi connectivity index (χ1v) is 6.04. The molecule has 1 aliphatic heterocycles. The second kappa shape index (κ2) is 5.25. The van der Waals surface area contributed by atoms with E-state index in [-0.39, 0.29) is 0 Å². The van der Waals surface area contributed by atoms with Gasteiger partial charge in [-0.1, -0.05) is 6.92 Å². The highest BCUT2D eigenvalue weighted by atomic mass is 15.1. The molecule has 1 atom stereocenters. The number of aromatic nitrogens is 2. The van der Waals surface area contributed by atoms with Crippen molar-refractivity contribution in [2.24, 2.45) is 5.92 Å². The molecule has 0 spiro atoms. The predicted octanol–water partition coefficient (Wildman–Crippen LogP) is 1.54. The smallest absolute Gasteiger partial charge is 0.129 e. The van der Waals surface area contributed by atoms with Gasteiger partial charge in [0.05, 0.1) is 0 Å². The van der Waals surface area contributed by atoms with Crippen molar-refractivity contribution in [3.63, 3.8) is 0 Å². The summed E-state index contributed by atoms with van der Waals surface area (Å²) in [4.78, 5) is 10.9. The molecule has 1 aromatic heterocycles. The Bertz CT molecular complexity index is 340. The van der Waals surface area contributed by atoms with Gasteiger partial charge in [-0.05, 0) is 38.4 Å². The highest BCUT2D eigenvalue weighted by Crippen LogP contribution is 2.16. The fourth-order valence-electron chi connectivity index (χ4n) is 2.17. The summed E-state index contributed by atoms with van der Waals surface area (Å²) in [5, 5.41) is 3.39. The summed E-state index contributed by atoms with van der Waals surface area (Å²) >= 11 is 0. The molecule has 4 nitrogen and oxygen atoms in total. The van der Waals surface area contributed by atoms with Gasteiger partial charge in [0, 0.05) is 19.3 Å². The Kier molecular flexibility index (Phi) is 3.72. The lowest BCUT2D eigenvalue weighted by atomic mass is 10.1. The maximum Gasteiger partial charge on any atom is 0.129 e. The Morgan fingerprint density at radius 3 is 3.12 bits per heavy atom. The van der Waals surface area contributed by atoms with Crippen LogP contribution < -0.4 is 5.32 Å². The Morgan fingerprint density at radius 2 is 2.44 bits per heavy atom. The highest BCUT2D eigenvalue weighted by molar-refractivity contribution is 5.32. The van der Waals surface area contributed by atoms with Gasteiger partial charge in [0.1, 0.15) is 11.6 Å². The molecule has 1 saturated heterocycles. The standard InChI is InChI=1S/C12H20N4/c1-3-16-7-5-11(9-16)8-14-12-4-6-13-10(2)15-12/h4,6,11H,3,5,7-9H2,1-2H3,(H,13,14,15). The third-order valence-electron chi connectivity index (χ3n) is 3.17. The van der Waals surface area contributed by atoms with Crippen molar-refractivity contribution in [2.75, 3.05) is 31.5 Å². The van der Waals surface area contributed by atoms with E-state index in [0.717, 1.165) is 24.1 Å². The van der Waals surface area contributed by atoms with Gasteiger partial charge < -0.3 is 10.2 Å². The summed E-state index contributed by atoms with van der Waals surface area (Å²) in [6.45, 7) is 8.79. The topological polar surface area (TPSA) is 41.0 Å². The van der Waals surface area contributed by atoms with Gasteiger partial charge in [-0.2, -0.15) is 0 Å². The zero-order chi connectivity index (χ0) is 11.4. The Labute approximate surface area is 97.1 Å². The number of hydrogen-bond donors (Lipinski definition) is 1. The van der Waals surface area contributed by atoms with Gasteiger partial charge in [-0.15, -0.1) is 0 Å². The van der Waals surface area contributed by atoms with E-state index in [0.29, 0.717) is 0 Å². The average Bonchev–Trinajstić information content (AvgIpc) is 2.74. The van der Waals surface area contributed by atoms with Gasteiger partial charge in [-0.25, -0.2) is 9.97 Å². The molecule has 1 aromatic rings. The molecule has 0 aliphatic carbocycles. The fourth-order valence-corrected chi connectivity index (χ4v) is 2.17. The van der Waals surface area contributed by atoms with E-state index in [9.17, 15) is 0 Å². The zero-order valence-corrected chi connectivity index (χ0v) is 10.1. The zero-order valence-electron chi connectivity index (χ0n) is 10.1. The lowest BCUT2D eigenvalue weighted by molar-refractivity contribution is 0.345. The van der Waals surface area contributed by atoms with Crippen LogP contribution in [0.1, 0.15) is 19.2 Å². The molecule has 2 rings (SSSR count). The van der Waals surface area contributed by atoms with Crippen molar-refractivity contribution in [2.45, 2.75) is 20.3 Å². The molecule has 4 heteroatoms. The van der Waals surface area contributed by atoms with Crippen LogP contribution >= 0.6 is 0 Å². The number of nitrogens with one attached hydrogen (secondary N) is 1. The molecular weight excluding hydrogens is 200 g/mol. The molecule has 0 bridgehead atoms. The van der Waals surface area contributed by atoms with Gasteiger partial charge in [0.25, 0.3) is 0 Å². The van der Waals surface area contributed by atoms with Crippen LogP contribution in [0.3, 0.4) is 0 Å². The van der Waals surface area contributed by atoms with Crippen LogP contribution in [0.2, 0.25) is 0 Å². The molecule has 16 heavy (non-hydrogen) atoms. The summed E-state index contributed by atoms with van der Waals surface area (Å²) in [5.41, 5.74) is 0. The molecule has 0 amide bonds. The fraction of sp³-hybridized carbons (Fsp3) is 0.667. The van der Waals surface area contributed by atoms with Gasteiger partial charge >= 0.3 is 0 Å². The van der Waals surface area contributed by atoms with E-state index in [1.807, 2.05) is 13.0 Å². The summed E-state index contributed by atoms with van der Waals surface area (Å²) in [5.74, 6) is 2.53. The Morgan fingerprint density at radius 1 is 1.56 bits per heavy atom. The Balaban J connectivity index is 1.80. The number of rotatable bonds is 4. The second-order valence-corrected chi connectivity index (χ2v) is 4.42. The van der Waals surface area contributed by atoms with Crippen LogP contribution in [0.25, 0.3) is 0 Å². The second-order valence-electron chi connectivity index (χ2n) is 4.42. The molecule has 1 fully saturated rings. The van der Waals surface area contributed by atoms with Crippen LogP contribution in [0.5, 0.6) is 0 Å². The molecule has 0 saturated carbocycles. The average molecular weight is 220 g/mol. The number of likely N-dealkylation sites (tertiary alicyclic amines) is 1. The van der Waals surface area contributed by atoms with Crippen LogP contribution in [-0.4, -0.2) is 41.0 Å². The van der Waals surface area contributed by atoms with Crippen LogP contribution in [0, 0.1) is 12.8 Å². The van der Waals surface area contributed by atoms with Crippen LogP contribution in [0.4, 0.5) is 5.82 Å². The van der Waals surface area contributed by atoms with E-state index >= 15 is 0 Å². The first kappa shape index (κ1) is 11.3. The lowest BCUT2D eigenvalue weighted by Crippen LogP contribution is -2.22. The molecule has 2 heterocycles. The first-order valence-electron chi connectivity index (χ1n) is 6.04. The maximum absolute atomic E-state index is 4.34. The number of anilines is 1. The van der Waals surface area contributed by atoms with E-state index in [2.05, 4.69) is 27.1 Å². The molecular formula is C12H20N4. The summed E-state index contributed by atoms with van der Waals surface area (Å²) < 4.78 is 0.